The first kappa shape index (κ1) is 22.2. The Hall–Kier alpha value is -2.50. The molecule has 11 heteroatoms. The summed E-state index contributed by atoms with van der Waals surface area (Å²) in [6, 6.07) is 5.98. The largest absolute Gasteiger partial charge is 0.805 e. The van der Waals surface area contributed by atoms with E-state index in [1.54, 1.807) is 19.1 Å². The Balaban J connectivity index is 1.89. The van der Waals surface area contributed by atoms with Crippen molar-refractivity contribution in [3.63, 3.8) is 0 Å². The van der Waals surface area contributed by atoms with Crippen molar-refractivity contribution in [3.8, 4) is 0 Å². The smallest absolute Gasteiger partial charge is 0.347 e. The summed E-state index contributed by atoms with van der Waals surface area (Å²) in [7, 11) is -3.73. The SMILES string of the molecule is CCNC(=O)c1c(CS(=O)(=O)CCCN2CCOCC2)n([O-])c2ccccc2[n+]1=O. The monoisotopic (exact) mass is 438 g/mol. The lowest BCUT2D eigenvalue weighted by molar-refractivity contribution is -0.468. The van der Waals surface area contributed by atoms with Crippen LogP contribution in [0, 0.1) is 10.1 Å². The normalized spacial score (nSPS) is 15.4. The molecule has 3 rings (SSSR count). The van der Waals surface area contributed by atoms with Crippen molar-refractivity contribution < 1.29 is 22.4 Å². The molecule has 164 valence electrons. The summed E-state index contributed by atoms with van der Waals surface area (Å²) in [4.78, 5) is 27.4. The summed E-state index contributed by atoms with van der Waals surface area (Å²) in [5, 5.41) is 15.4. The van der Waals surface area contributed by atoms with Crippen LogP contribution in [0.2, 0.25) is 0 Å². The molecule has 10 nitrogen and oxygen atoms in total. The van der Waals surface area contributed by atoms with Gasteiger partial charge in [0.15, 0.2) is 9.84 Å². The van der Waals surface area contributed by atoms with Crippen LogP contribution in [0.5, 0.6) is 0 Å². The molecule has 0 atom stereocenters. The van der Waals surface area contributed by atoms with Crippen LogP contribution < -0.4 is 9.74 Å². The molecule has 1 saturated heterocycles. The molecule has 1 amide bonds. The van der Waals surface area contributed by atoms with E-state index in [-0.39, 0.29) is 29.0 Å². The van der Waals surface area contributed by atoms with E-state index in [1.807, 2.05) is 0 Å². The molecule has 2 aromatic rings. The van der Waals surface area contributed by atoms with Gasteiger partial charge in [0.2, 0.25) is 0 Å². The van der Waals surface area contributed by atoms with E-state index >= 15 is 0 Å². The maximum atomic E-state index is 12.9. The molecular formula is C19H26N4O6S. The third kappa shape index (κ3) is 4.97. The van der Waals surface area contributed by atoms with E-state index in [2.05, 4.69) is 10.2 Å². The summed E-state index contributed by atoms with van der Waals surface area (Å²) in [5.74, 6) is -1.61. The zero-order valence-electron chi connectivity index (χ0n) is 16.9. The van der Waals surface area contributed by atoms with Gasteiger partial charge in [-0.2, -0.15) is 0 Å². The number of para-hydroxylation sites is 2. The Labute approximate surface area is 174 Å². The van der Waals surface area contributed by atoms with Crippen LogP contribution in [0.25, 0.3) is 11.0 Å². The van der Waals surface area contributed by atoms with Crippen LogP contribution in [0.4, 0.5) is 0 Å². The molecule has 1 aliphatic heterocycles. The summed E-state index contributed by atoms with van der Waals surface area (Å²) < 4.78 is 31.5. The average Bonchev–Trinajstić information content (AvgIpc) is 2.72. The Morgan fingerprint density at radius 3 is 2.67 bits per heavy atom. The lowest BCUT2D eigenvalue weighted by Gasteiger charge is -2.26. The van der Waals surface area contributed by atoms with Gasteiger partial charge in [0.1, 0.15) is 11.2 Å². The van der Waals surface area contributed by atoms with Crippen molar-refractivity contribution >= 4 is 26.8 Å². The number of sulfone groups is 1. The maximum absolute atomic E-state index is 12.9. The van der Waals surface area contributed by atoms with E-state index in [1.165, 1.54) is 12.1 Å². The van der Waals surface area contributed by atoms with Gasteiger partial charge in [-0.25, -0.2) is 8.42 Å². The fourth-order valence-electron chi connectivity index (χ4n) is 3.49. The first-order chi connectivity index (χ1) is 14.3. The van der Waals surface area contributed by atoms with Crippen molar-refractivity contribution in [1.29, 1.82) is 0 Å². The molecule has 0 bridgehead atoms. The number of fused-ring (bicyclic) bond motifs is 1. The quantitative estimate of drug-likeness (QED) is 0.587. The molecule has 0 saturated carbocycles. The Morgan fingerprint density at radius 2 is 1.97 bits per heavy atom. The van der Waals surface area contributed by atoms with E-state index < -0.39 is 27.2 Å². The second-order valence-electron chi connectivity index (χ2n) is 7.13. The molecule has 0 radical (unpaired) electrons. The fourth-order valence-corrected chi connectivity index (χ4v) is 4.88. The standard InChI is InChI=1S/C19H26N4O6S/c1-2-20-19(24)18-17(22(25)15-6-3-4-7-16(15)23(18)26)14-30(27,28)13-5-8-21-9-11-29-12-10-21/h3-4,6-7H,2,5,8-14H2,1H3,(H,20,24). The molecule has 0 aliphatic carbocycles. The minimum atomic E-state index is -3.73. The lowest BCUT2D eigenvalue weighted by atomic mass is 10.2. The topological polar surface area (TPSA) is 127 Å². The average molecular weight is 439 g/mol. The molecule has 1 aromatic heterocycles. The summed E-state index contributed by atoms with van der Waals surface area (Å²) >= 11 is 0. The number of aromatic nitrogens is 2. The van der Waals surface area contributed by atoms with Gasteiger partial charge in [-0.1, -0.05) is 12.1 Å². The highest BCUT2D eigenvalue weighted by Gasteiger charge is 2.31. The number of morpholine rings is 1. The molecule has 1 aliphatic rings. The Kier molecular flexibility index (Phi) is 7.06. The van der Waals surface area contributed by atoms with Gasteiger partial charge in [0.25, 0.3) is 5.52 Å². The summed E-state index contributed by atoms with van der Waals surface area (Å²) in [5.41, 5.74) is -0.829. The predicted molar refractivity (Wildman–Crippen MR) is 111 cm³/mol. The summed E-state index contributed by atoms with van der Waals surface area (Å²) in [6.07, 6.45) is 0.392. The van der Waals surface area contributed by atoms with Crippen LogP contribution in [-0.2, 0) is 20.3 Å². The van der Waals surface area contributed by atoms with Crippen LogP contribution in [0.15, 0.2) is 24.3 Å². The van der Waals surface area contributed by atoms with Gasteiger partial charge in [-0.15, -0.1) is 0 Å². The number of amides is 1. The number of nitrogens with one attached hydrogen (secondary N) is 1. The zero-order valence-corrected chi connectivity index (χ0v) is 17.7. The van der Waals surface area contributed by atoms with E-state index in [0.29, 0.717) is 35.3 Å². The number of carbonyl (C=O) groups is 1. The number of ether oxygens (including phenoxy) is 1. The van der Waals surface area contributed by atoms with Gasteiger partial charge >= 0.3 is 11.6 Å². The molecule has 1 aromatic carbocycles. The highest BCUT2D eigenvalue weighted by Crippen LogP contribution is 2.17. The maximum Gasteiger partial charge on any atom is 0.347 e. The minimum absolute atomic E-state index is 0.00205. The number of benzene rings is 1. The molecular weight excluding hydrogens is 412 g/mol. The predicted octanol–water partition coefficient (Wildman–Crippen LogP) is 0.289. The van der Waals surface area contributed by atoms with Crippen LogP contribution in [-0.4, -0.2) is 69.1 Å². The number of hydrogen-bond acceptors (Lipinski definition) is 7. The summed E-state index contributed by atoms with van der Waals surface area (Å²) in [6.45, 7) is 5.25. The molecule has 0 unspecified atom stereocenters. The van der Waals surface area contributed by atoms with E-state index in [4.69, 9.17) is 4.74 Å². The van der Waals surface area contributed by atoms with Gasteiger partial charge < -0.3 is 20.0 Å². The van der Waals surface area contributed by atoms with Crippen molar-refractivity contribution in [2.45, 2.75) is 19.1 Å². The molecule has 0 spiro atoms. The molecule has 1 N–H and O–H groups in total. The first-order valence-electron chi connectivity index (χ1n) is 9.89. The Bertz CT molecular complexity index is 1080. The van der Waals surface area contributed by atoms with E-state index in [9.17, 15) is 23.3 Å². The molecule has 30 heavy (non-hydrogen) atoms. The number of rotatable bonds is 8. The number of hydrogen-bond donors (Lipinski definition) is 1. The van der Waals surface area contributed by atoms with Gasteiger partial charge in [-0.05, 0) is 26.0 Å². The van der Waals surface area contributed by atoms with Crippen molar-refractivity contribution in [3.05, 3.63) is 45.8 Å². The fraction of sp³-hybridized carbons (Fsp3) is 0.526. The second-order valence-corrected chi connectivity index (χ2v) is 9.32. The highest BCUT2D eigenvalue weighted by molar-refractivity contribution is 7.90. The van der Waals surface area contributed by atoms with Crippen LogP contribution >= 0.6 is 0 Å². The third-order valence-corrected chi connectivity index (χ3v) is 6.61. The van der Waals surface area contributed by atoms with Gasteiger partial charge in [0.05, 0.1) is 29.1 Å². The molecule has 1 fully saturated rings. The third-order valence-electron chi connectivity index (χ3n) is 4.98. The number of carbonyl (C=O) groups excluding carboxylic acids is 1. The Morgan fingerprint density at radius 1 is 1.27 bits per heavy atom. The van der Waals surface area contributed by atoms with Gasteiger partial charge in [-0.3, -0.25) is 9.69 Å². The molecule has 2 heterocycles. The van der Waals surface area contributed by atoms with Crippen LogP contribution in [0.3, 0.4) is 0 Å². The highest BCUT2D eigenvalue weighted by atomic mass is 32.2. The van der Waals surface area contributed by atoms with Crippen molar-refractivity contribution in [2.75, 3.05) is 45.1 Å². The van der Waals surface area contributed by atoms with Crippen molar-refractivity contribution in [1.82, 2.24) is 14.9 Å². The van der Waals surface area contributed by atoms with Crippen LogP contribution in [0.1, 0.15) is 29.5 Å². The second kappa shape index (κ2) is 9.54. The minimum Gasteiger partial charge on any atom is -0.805 e. The van der Waals surface area contributed by atoms with E-state index in [0.717, 1.165) is 13.1 Å². The number of nitrogens with zero attached hydrogens (tertiary/aromatic N) is 3. The zero-order chi connectivity index (χ0) is 21.7. The van der Waals surface area contributed by atoms with Crippen molar-refractivity contribution in [2.24, 2.45) is 0 Å². The van der Waals surface area contributed by atoms with Gasteiger partial charge in [0, 0.05) is 30.6 Å². The first-order valence-corrected chi connectivity index (χ1v) is 11.7. The lowest BCUT2D eigenvalue weighted by Crippen LogP contribution is -2.38.